The predicted octanol–water partition coefficient (Wildman–Crippen LogP) is 3.48. The highest BCUT2D eigenvalue weighted by Crippen LogP contribution is 2.22. The molecule has 0 atom stereocenters. The smallest absolute Gasteiger partial charge is 0.253 e. The van der Waals surface area contributed by atoms with Gasteiger partial charge in [0.15, 0.2) is 0 Å². The summed E-state index contributed by atoms with van der Waals surface area (Å²) in [5.74, 6) is 1.39. The van der Waals surface area contributed by atoms with Crippen molar-refractivity contribution in [2.45, 2.75) is 26.4 Å². The van der Waals surface area contributed by atoms with Crippen LogP contribution in [0.15, 0.2) is 53.3 Å². The minimum absolute atomic E-state index is 0.0314. The van der Waals surface area contributed by atoms with Gasteiger partial charge in [0.2, 0.25) is 5.91 Å². The Morgan fingerprint density at radius 2 is 1.75 bits per heavy atom. The van der Waals surface area contributed by atoms with Crippen molar-refractivity contribution in [2.75, 3.05) is 14.2 Å². The van der Waals surface area contributed by atoms with E-state index >= 15 is 0 Å². The first-order valence-electron chi connectivity index (χ1n) is 9.15. The summed E-state index contributed by atoms with van der Waals surface area (Å²) in [6.07, 6.45) is 0.356. The molecule has 0 unspecified atom stereocenters. The quantitative estimate of drug-likeness (QED) is 0.681. The molecule has 1 amide bonds. The number of nitrogens with zero attached hydrogens (tertiary/aromatic N) is 1. The number of hydrogen-bond acceptors (Lipinski definition) is 4. The first kappa shape index (κ1) is 19.5. The number of amides is 1. The standard InChI is InChI=1S/C22H24N2O4/c1-4-21(25)24(13-15-7-5-6-8-20(15)28-3)14-17-11-16-12-18(27-2)9-10-19(16)23-22(17)26/h5-12H,4,13-14H2,1-3H3,(H,23,26). The molecule has 0 saturated carbocycles. The fraction of sp³-hybridized carbons (Fsp3) is 0.273. The molecule has 2 aromatic carbocycles. The monoisotopic (exact) mass is 380 g/mol. The molecule has 1 N–H and O–H groups in total. The van der Waals surface area contributed by atoms with Gasteiger partial charge in [-0.1, -0.05) is 25.1 Å². The van der Waals surface area contributed by atoms with Crippen molar-refractivity contribution in [3.05, 3.63) is 70.0 Å². The predicted molar refractivity (Wildman–Crippen MR) is 109 cm³/mol. The Labute approximate surface area is 163 Å². The normalized spacial score (nSPS) is 10.7. The van der Waals surface area contributed by atoms with E-state index in [1.54, 1.807) is 25.2 Å². The second-order valence-corrected chi connectivity index (χ2v) is 6.49. The van der Waals surface area contributed by atoms with E-state index in [-0.39, 0.29) is 18.0 Å². The van der Waals surface area contributed by atoms with Crippen LogP contribution in [-0.2, 0) is 17.9 Å². The number of nitrogens with one attached hydrogen (secondary N) is 1. The number of H-pyrrole nitrogens is 1. The van der Waals surface area contributed by atoms with Crippen molar-refractivity contribution in [3.63, 3.8) is 0 Å². The number of carbonyl (C=O) groups excluding carboxylic acids is 1. The van der Waals surface area contributed by atoms with E-state index in [9.17, 15) is 9.59 Å². The fourth-order valence-electron chi connectivity index (χ4n) is 3.18. The molecule has 0 bridgehead atoms. The topological polar surface area (TPSA) is 71.6 Å². The summed E-state index contributed by atoms with van der Waals surface area (Å²) < 4.78 is 10.7. The molecule has 3 aromatic rings. The summed E-state index contributed by atoms with van der Waals surface area (Å²) in [5, 5.41) is 0.857. The lowest BCUT2D eigenvalue weighted by molar-refractivity contribution is -0.132. The van der Waals surface area contributed by atoms with Crippen molar-refractivity contribution in [3.8, 4) is 11.5 Å². The van der Waals surface area contributed by atoms with Crippen LogP contribution < -0.4 is 15.0 Å². The highest BCUT2D eigenvalue weighted by atomic mass is 16.5. The van der Waals surface area contributed by atoms with Crippen LogP contribution >= 0.6 is 0 Å². The second-order valence-electron chi connectivity index (χ2n) is 6.49. The van der Waals surface area contributed by atoms with Crippen molar-refractivity contribution >= 4 is 16.8 Å². The Balaban J connectivity index is 1.95. The number of para-hydroxylation sites is 1. The van der Waals surface area contributed by atoms with Gasteiger partial charge in [0.25, 0.3) is 5.56 Å². The average molecular weight is 380 g/mol. The Bertz CT molecular complexity index is 1040. The van der Waals surface area contributed by atoms with Crippen LogP contribution in [0.3, 0.4) is 0 Å². The number of hydrogen-bond donors (Lipinski definition) is 1. The Kier molecular flexibility index (Phi) is 5.99. The Morgan fingerprint density at radius 3 is 2.46 bits per heavy atom. The summed E-state index contributed by atoms with van der Waals surface area (Å²) >= 11 is 0. The maximum Gasteiger partial charge on any atom is 0.253 e. The molecule has 0 aliphatic heterocycles. The highest BCUT2D eigenvalue weighted by molar-refractivity contribution is 5.81. The van der Waals surface area contributed by atoms with E-state index in [2.05, 4.69) is 4.98 Å². The molecule has 6 heteroatoms. The van der Waals surface area contributed by atoms with Crippen LogP contribution in [0.4, 0.5) is 0 Å². The van der Waals surface area contributed by atoms with E-state index in [0.717, 1.165) is 16.5 Å². The van der Waals surface area contributed by atoms with Crippen LogP contribution in [0.2, 0.25) is 0 Å². The second kappa shape index (κ2) is 8.61. The summed E-state index contributed by atoms with van der Waals surface area (Å²) in [7, 11) is 3.20. The lowest BCUT2D eigenvalue weighted by Gasteiger charge is -2.23. The SMILES string of the molecule is CCC(=O)N(Cc1ccccc1OC)Cc1cc2cc(OC)ccc2[nH]c1=O. The average Bonchev–Trinajstić information content (AvgIpc) is 2.73. The zero-order chi connectivity index (χ0) is 20.1. The van der Waals surface area contributed by atoms with Gasteiger partial charge in [0.05, 0.1) is 20.8 Å². The number of aromatic amines is 1. The third-order valence-corrected chi connectivity index (χ3v) is 4.70. The molecule has 0 spiro atoms. The number of carbonyl (C=O) groups is 1. The zero-order valence-electron chi connectivity index (χ0n) is 16.3. The molecule has 0 aliphatic carbocycles. The van der Waals surface area contributed by atoms with Crippen molar-refractivity contribution in [2.24, 2.45) is 0 Å². The number of pyridine rings is 1. The van der Waals surface area contributed by atoms with Crippen LogP contribution in [0.1, 0.15) is 24.5 Å². The van der Waals surface area contributed by atoms with Gasteiger partial charge >= 0.3 is 0 Å². The third-order valence-electron chi connectivity index (χ3n) is 4.70. The molecule has 146 valence electrons. The maximum atomic E-state index is 12.6. The lowest BCUT2D eigenvalue weighted by atomic mass is 10.1. The Hall–Kier alpha value is -3.28. The van der Waals surface area contributed by atoms with Gasteiger partial charge in [-0.3, -0.25) is 9.59 Å². The van der Waals surface area contributed by atoms with Gasteiger partial charge in [-0.25, -0.2) is 0 Å². The maximum absolute atomic E-state index is 12.6. The number of ether oxygens (including phenoxy) is 2. The molecule has 1 heterocycles. The van der Waals surface area contributed by atoms with Crippen LogP contribution in [-0.4, -0.2) is 30.0 Å². The van der Waals surface area contributed by atoms with E-state index in [1.807, 2.05) is 49.4 Å². The first-order valence-corrected chi connectivity index (χ1v) is 9.15. The number of methoxy groups -OCH3 is 2. The highest BCUT2D eigenvalue weighted by Gasteiger charge is 2.17. The van der Waals surface area contributed by atoms with E-state index < -0.39 is 0 Å². The first-order chi connectivity index (χ1) is 13.5. The molecule has 3 rings (SSSR count). The van der Waals surface area contributed by atoms with Crippen molar-refractivity contribution in [1.82, 2.24) is 9.88 Å². The van der Waals surface area contributed by atoms with Gasteiger partial charge < -0.3 is 19.4 Å². The van der Waals surface area contributed by atoms with E-state index in [0.29, 0.717) is 30.0 Å². The molecule has 6 nitrogen and oxygen atoms in total. The molecule has 0 radical (unpaired) electrons. The number of rotatable bonds is 7. The molecule has 28 heavy (non-hydrogen) atoms. The summed E-state index contributed by atoms with van der Waals surface area (Å²) in [4.78, 5) is 29.7. The van der Waals surface area contributed by atoms with E-state index in [4.69, 9.17) is 9.47 Å². The van der Waals surface area contributed by atoms with Gasteiger partial charge in [0, 0.05) is 35.0 Å². The van der Waals surface area contributed by atoms with Crippen LogP contribution in [0.25, 0.3) is 10.9 Å². The third kappa shape index (κ3) is 4.17. The van der Waals surface area contributed by atoms with Gasteiger partial charge in [0.1, 0.15) is 11.5 Å². The van der Waals surface area contributed by atoms with Crippen LogP contribution in [0.5, 0.6) is 11.5 Å². The minimum Gasteiger partial charge on any atom is -0.497 e. The fourth-order valence-corrected chi connectivity index (χ4v) is 3.18. The van der Waals surface area contributed by atoms with Crippen molar-refractivity contribution in [1.29, 1.82) is 0 Å². The summed E-state index contributed by atoms with van der Waals surface area (Å²) in [5.41, 5.74) is 1.95. The van der Waals surface area contributed by atoms with Gasteiger partial charge in [-0.15, -0.1) is 0 Å². The van der Waals surface area contributed by atoms with Crippen LogP contribution in [0, 0.1) is 0 Å². The molecule has 0 aliphatic rings. The van der Waals surface area contributed by atoms with Gasteiger partial charge in [-0.2, -0.15) is 0 Å². The van der Waals surface area contributed by atoms with E-state index in [1.165, 1.54) is 0 Å². The summed E-state index contributed by atoms with van der Waals surface area (Å²) in [6.45, 7) is 2.40. The molecular formula is C22H24N2O4. The van der Waals surface area contributed by atoms with Gasteiger partial charge in [-0.05, 0) is 30.3 Å². The molecule has 1 aromatic heterocycles. The number of fused-ring (bicyclic) bond motifs is 1. The number of aromatic nitrogens is 1. The zero-order valence-corrected chi connectivity index (χ0v) is 16.3. The van der Waals surface area contributed by atoms with Crippen molar-refractivity contribution < 1.29 is 14.3 Å². The largest absolute Gasteiger partial charge is 0.497 e. The minimum atomic E-state index is -0.202. The molecular weight excluding hydrogens is 356 g/mol. The Morgan fingerprint density at radius 1 is 1.00 bits per heavy atom. The molecule has 0 saturated heterocycles. The summed E-state index contributed by atoms with van der Waals surface area (Å²) in [6, 6.07) is 14.9. The number of benzene rings is 2. The molecule has 0 fully saturated rings. The lowest BCUT2D eigenvalue weighted by Crippen LogP contribution is -2.32.